The Labute approximate surface area is 200 Å². The van der Waals surface area contributed by atoms with Gasteiger partial charge in [-0.15, -0.1) is 17.8 Å². The van der Waals surface area contributed by atoms with Gasteiger partial charge in [-0.1, -0.05) is 30.3 Å². The number of urea groups is 1. The molecule has 3 aromatic rings. The fourth-order valence-electron chi connectivity index (χ4n) is 3.56. The van der Waals surface area contributed by atoms with Crippen molar-refractivity contribution in [2.75, 3.05) is 11.9 Å². The number of aromatic nitrogens is 2. The summed E-state index contributed by atoms with van der Waals surface area (Å²) in [4.78, 5) is 32.2. The van der Waals surface area contributed by atoms with Crippen LogP contribution in [-0.4, -0.2) is 28.7 Å². The van der Waals surface area contributed by atoms with Gasteiger partial charge >= 0.3 is 12.1 Å². The summed E-state index contributed by atoms with van der Waals surface area (Å²) in [7, 11) is 0. The first-order valence-corrected chi connectivity index (χ1v) is 11.2. The highest BCUT2D eigenvalue weighted by Crippen LogP contribution is 2.50. The minimum atomic E-state index is -0.970. The monoisotopic (exact) mass is 472 g/mol. The molecule has 1 aliphatic carbocycles. The Hall–Kier alpha value is -4.41. The van der Waals surface area contributed by atoms with Crippen LogP contribution in [0.15, 0.2) is 48.0 Å². The van der Waals surface area contributed by atoms with Crippen LogP contribution in [0.25, 0.3) is 11.1 Å². The molecule has 0 saturated heterocycles. The molecule has 1 aliphatic rings. The van der Waals surface area contributed by atoms with Crippen LogP contribution in [0.3, 0.4) is 0 Å². The lowest BCUT2D eigenvalue weighted by atomic mass is 9.89. The summed E-state index contributed by atoms with van der Waals surface area (Å²) >= 11 is 1.22. The van der Waals surface area contributed by atoms with Crippen LogP contribution in [-0.2, 0) is 10.2 Å². The van der Waals surface area contributed by atoms with E-state index in [1.165, 1.54) is 11.3 Å². The number of nitrogens with one attached hydrogen (secondary N) is 2. The van der Waals surface area contributed by atoms with Crippen molar-refractivity contribution in [3.8, 4) is 29.5 Å². The molecule has 9 nitrogen and oxygen atoms in total. The Morgan fingerprint density at radius 3 is 2.71 bits per heavy atom. The highest BCUT2D eigenvalue weighted by Gasteiger charge is 2.46. The van der Waals surface area contributed by atoms with E-state index in [0.717, 1.165) is 29.5 Å². The van der Waals surface area contributed by atoms with E-state index in [4.69, 9.17) is 16.9 Å². The number of ether oxygens (including phenoxy) is 1. The first-order valence-electron chi connectivity index (χ1n) is 10.3. The molecule has 34 heavy (non-hydrogen) atoms. The van der Waals surface area contributed by atoms with Gasteiger partial charge in [-0.3, -0.25) is 10.3 Å². The molecule has 1 aromatic carbocycles. The molecule has 4 N–H and O–H groups in total. The van der Waals surface area contributed by atoms with Gasteiger partial charge < -0.3 is 15.8 Å². The van der Waals surface area contributed by atoms with E-state index in [9.17, 15) is 14.9 Å². The number of terminal acetylenes is 1. The van der Waals surface area contributed by atoms with Crippen molar-refractivity contribution >= 4 is 29.3 Å². The topological polar surface area (TPSA) is 143 Å². The molecule has 0 bridgehead atoms. The summed E-state index contributed by atoms with van der Waals surface area (Å²) in [6.07, 6.45) is 7.66. The van der Waals surface area contributed by atoms with E-state index in [1.54, 1.807) is 17.6 Å². The Bertz CT molecular complexity index is 1300. The van der Waals surface area contributed by atoms with Gasteiger partial charge in [0.2, 0.25) is 0 Å². The van der Waals surface area contributed by atoms with Crippen LogP contribution in [0.1, 0.15) is 35.1 Å². The molecule has 0 spiro atoms. The lowest BCUT2D eigenvalue weighted by Crippen LogP contribution is -2.36. The lowest BCUT2D eigenvalue weighted by molar-refractivity contribution is 0.143. The zero-order valence-electron chi connectivity index (χ0n) is 17.9. The van der Waals surface area contributed by atoms with Gasteiger partial charge in [0.25, 0.3) is 0 Å². The summed E-state index contributed by atoms with van der Waals surface area (Å²) in [5, 5.41) is 17.0. The molecule has 0 aliphatic heterocycles. The number of nitriles is 1. The zero-order valence-corrected chi connectivity index (χ0v) is 18.8. The van der Waals surface area contributed by atoms with Crippen molar-refractivity contribution in [3.63, 3.8) is 0 Å². The smallest absolute Gasteiger partial charge is 0.404 e. The van der Waals surface area contributed by atoms with Gasteiger partial charge in [-0.05, 0) is 36.0 Å². The van der Waals surface area contributed by atoms with Crippen LogP contribution in [0.5, 0.6) is 0 Å². The van der Waals surface area contributed by atoms with Gasteiger partial charge in [0, 0.05) is 17.1 Å². The summed E-state index contributed by atoms with van der Waals surface area (Å²) < 4.78 is 4.91. The van der Waals surface area contributed by atoms with Crippen LogP contribution in [0.2, 0.25) is 0 Å². The highest BCUT2D eigenvalue weighted by atomic mass is 32.1. The fourth-order valence-corrected chi connectivity index (χ4v) is 4.12. The van der Waals surface area contributed by atoms with Crippen LogP contribution < -0.4 is 16.4 Å². The maximum absolute atomic E-state index is 12.5. The SMILES string of the molecule is C#Cc1nc(NC(=O)NC(COC(N)=O)c2ccc(-c3ccccc3C3(C#N)CC3)cn2)cs1. The zero-order chi connectivity index (χ0) is 24.1. The van der Waals surface area contributed by atoms with E-state index in [1.807, 2.05) is 30.3 Å². The largest absolute Gasteiger partial charge is 0.447 e. The summed E-state index contributed by atoms with van der Waals surface area (Å²) in [6.45, 7) is -0.212. The number of thiazole rings is 1. The number of nitrogens with two attached hydrogens (primary N) is 1. The van der Waals surface area contributed by atoms with Crippen molar-refractivity contribution in [1.29, 1.82) is 5.26 Å². The predicted octanol–water partition coefficient (Wildman–Crippen LogP) is 3.70. The third-order valence-corrected chi connectivity index (χ3v) is 6.20. The number of pyridine rings is 1. The number of carbonyl (C=O) groups excluding carboxylic acids is 2. The average Bonchev–Trinajstić information content (AvgIpc) is 3.53. The molecule has 1 atom stereocenters. The summed E-state index contributed by atoms with van der Waals surface area (Å²) in [5.41, 5.74) is 7.87. The Kier molecular flexibility index (Phi) is 6.44. The van der Waals surface area contributed by atoms with Crippen molar-refractivity contribution in [3.05, 3.63) is 64.2 Å². The molecule has 0 radical (unpaired) electrons. The quantitative estimate of drug-likeness (QED) is 0.448. The van der Waals surface area contributed by atoms with E-state index >= 15 is 0 Å². The van der Waals surface area contributed by atoms with Crippen molar-refractivity contribution in [1.82, 2.24) is 15.3 Å². The molecule has 4 rings (SSSR count). The van der Waals surface area contributed by atoms with Crippen LogP contribution in [0, 0.1) is 23.7 Å². The minimum absolute atomic E-state index is 0.212. The Balaban J connectivity index is 1.54. The van der Waals surface area contributed by atoms with Crippen molar-refractivity contribution in [2.24, 2.45) is 5.73 Å². The maximum atomic E-state index is 12.5. The second kappa shape index (κ2) is 9.61. The van der Waals surface area contributed by atoms with E-state index in [2.05, 4.69) is 32.6 Å². The molecular formula is C24H20N6O3S. The molecule has 1 unspecified atom stereocenters. The third-order valence-electron chi connectivity index (χ3n) is 5.43. The number of amides is 3. The molecule has 170 valence electrons. The Morgan fingerprint density at radius 1 is 1.29 bits per heavy atom. The molecule has 1 saturated carbocycles. The first kappa shape index (κ1) is 22.8. The third kappa shape index (κ3) is 4.98. The fraction of sp³-hybridized carbons (Fsp3) is 0.208. The minimum Gasteiger partial charge on any atom is -0.447 e. The van der Waals surface area contributed by atoms with E-state index in [-0.39, 0.29) is 6.61 Å². The van der Waals surface area contributed by atoms with Gasteiger partial charge in [0.05, 0.1) is 17.2 Å². The van der Waals surface area contributed by atoms with Gasteiger partial charge in [-0.2, -0.15) is 5.26 Å². The summed E-state index contributed by atoms with van der Waals surface area (Å²) in [5.74, 6) is 2.70. The van der Waals surface area contributed by atoms with Crippen molar-refractivity contribution < 1.29 is 14.3 Å². The van der Waals surface area contributed by atoms with E-state index in [0.29, 0.717) is 16.5 Å². The molecule has 2 aromatic heterocycles. The standard InChI is InChI=1S/C24H20N6O3S/c1-2-21-29-20(13-34-21)30-23(32)28-19(12-33-22(26)31)18-8-7-15(11-27-18)16-5-3-4-6-17(16)24(14-25)9-10-24/h1,3-8,11,13,19H,9-10,12H2,(H2,26,31)(H2,28,30,32). The highest BCUT2D eigenvalue weighted by molar-refractivity contribution is 7.10. The molecular weight excluding hydrogens is 452 g/mol. The number of hydrogen-bond donors (Lipinski definition) is 3. The van der Waals surface area contributed by atoms with Gasteiger partial charge in [-0.25, -0.2) is 14.6 Å². The van der Waals surface area contributed by atoms with Crippen LogP contribution in [0.4, 0.5) is 15.4 Å². The molecule has 2 heterocycles. The maximum Gasteiger partial charge on any atom is 0.404 e. The van der Waals surface area contributed by atoms with Gasteiger partial charge in [0.1, 0.15) is 18.5 Å². The number of carbonyl (C=O) groups is 2. The second-order valence-corrected chi connectivity index (χ2v) is 8.53. The Morgan fingerprint density at radius 2 is 2.09 bits per heavy atom. The average molecular weight is 473 g/mol. The van der Waals surface area contributed by atoms with Crippen LogP contribution >= 0.6 is 11.3 Å². The number of benzene rings is 1. The lowest BCUT2D eigenvalue weighted by Gasteiger charge is -2.19. The number of hydrogen-bond acceptors (Lipinski definition) is 7. The molecule has 3 amide bonds. The van der Waals surface area contributed by atoms with Crippen molar-refractivity contribution in [2.45, 2.75) is 24.3 Å². The normalized spacial score (nSPS) is 14.2. The summed E-state index contributed by atoms with van der Waals surface area (Å²) in [6, 6.07) is 12.4. The van der Waals surface area contributed by atoms with Gasteiger partial charge in [0.15, 0.2) is 5.01 Å². The molecule has 1 fully saturated rings. The number of rotatable bonds is 7. The number of primary amides is 1. The molecule has 10 heteroatoms. The second-order valence-electron chi connectivity index (χ2n) is 7.67. The van der Waals surface area contributed by atoms with E-state index < -0.39 is 23.6 Å². The predicted molar refractivity (Wildman–Crippen MR) is 127 cm³/mol. The first-order chi connectivity index (χ1) is 16.4. The number of anilines is 1. The number of nitrogens with zero attached hydrogens (tertiary/aromatic N) is 3.